The van der Waals surface area contributed by atoms with Crippen LogP contribution in [-0.4, -0.2) is 49.7 Å². The van der Waals surface area contributed by atoms with Gasteiger partial charge in [0.05, 0.1) is 19.3 Å². The molecule has 4 nitrogen and oxygen atoms in total. The second kappa shape index (κ2) is 6.80. The lowest BCUT2D eigenvalue weighted by Crippen LogP contribution is -2.37. The molecule has 1 fully saturated rings. The van der Waals surface area contributed by atoms with Gasteiger partial charge < -0.3 is 15.0 Å². The van der Waals surface area contributed by atoms with E-state index < -0.39 is 0 Å². The van der Waals surface area contributed by atoms with Gasteiger partial charge in [-0.15, -0.1) is 0 Å². The fourth-order valence-electron chi connectivity index (χ4n) is 1.64. The van der Waals surface area contributed by atoms with Gasteiger partial charge in [-0.2, -0.15) is 0 Å². The Balaban J connectivity index is 1.97. The molecule has 0 bridgehead atoms. The van der Waals surface area contributed by atoms with Crippen molar-refractivity contribution in [2.45, 2.75) is 32.8 Å². The van der Waals surface area contributed by atoms with Crippen LogP contribution in [-0.2, 0) is 9.53 Å². The molecule has 0 saturated carbocycles. The molecule has 0 atom stereocenters. The number of hydrogen-bond donors (Lipinski definition) is 1. The first-order valence-electron chi connectivity index (χ1n) is 5.80. The highest BCUT2D eigenvalue weighted by atomic mass is 16.5. The van der Waals surface area contributed by atoms with E-state index in [1.165, 1.54) is 0 Å². The minimum Gasteiger partial charge on any atom is -0.377 e. The Bertz CT molecular complexity index is 189. The lowest BCUT2D eigenvalue weighted by atomic mass is 10.4. The molecule has 4 heteroatoms. The maximum Gasteiger partial charge on any atom is 0.236 e. The van der Waals surface area contributed by atoms with Crippen molar-refractivity contribution < 1.29 is 9.53 Å². The van der Waals surface area contributed by atoms with E-state index in [1.807, 2.05) is 18.7 Å². The van der Waals surface area contributed by atoms with Crippen molar-refractivity contribution in [3.8, 4) is 0 Å². The Labute approximate surface area is 92.0 Å². The van der Waals surface area contributed by atoms with Crippen molar-refractivity contribution in [3.63, 3.8) is 0 Å². The second-order valence-electron chi connectivity index (χ2n) is 4.18. The van der Waals surface area contributed by atoms with Crippen LogP contribution in [0, 0.1) is 0 Å². The summed E-state index contributed by atoms with van der Waals surface area (Å²) < 4.78 is 5.36. The molecule has 0 spiro atoms. The molecule has 0 aliphatic carbocycles. The first-order valence-corrected chi connectivity index (χ1v) is 5.80. The second-order valence-corrected chi connectivity index (χ2v) is 4.18. The molecule has 1 saturated heterocycles. The van der Waals surface area contributed by atoms with Gasteiger partial charge in [0.1, 0.15) is 0 Å². The average Bonchev–Trinajstić information content (AvgIpc) is 2.69. The molecular weight excluding hydrogens is 192 g/mol. The summed E-state index contributed by atoms with van der Waals surface area (Å²) in [7, 11) is 0. The largest absolute Gasteiger partial charge is 0.377 e. The van der Waals surface area contributed by atoms with E-state index in [-0.39, 0.29) is 12.0 Å². The van der Waals surface area contributed by atoms with E-state index in [9.17, 15) is 4.79 Å². The zero-order chi connectivity index (χ0) is 11.1. The van der Waals surface area contributed by atoms with Gasteiger partial charge in [-0.25, -0.2) is 0 Å². The molecule has 0 aromatic heterocycles. The Morgan fingerprint density at radius 3 is 2.67 bits per heavy atom. The van der Waals surface area contributed by atoms with Crippen LogP contribution in [0.25, 0.3) is 0 Å². The summed E-state index contributed by atoms with van der Waals surface area (Å²) in [4.78, 5) is 13.5. The summed E-state index contributed by atoms with van der Waals surface area (Å²) in [5, 5.41) is 3.10. The molecule has 1 aliphatic rings. The van der Waals surface area contributed by atoms with Crippen molar-refractivity contribution in [2.24, 2.45) is 0 Å². The van der Waals surface area contributed by atoms with Crippen LogP contribution >= 0.6 is 0 Å². The van der Waals surface area contributed by atoms with E-state index in [0.717, 1.165) is 32.5 Å². The number of hydrogen-bond acceptors (Lipinski definition) is 3. The first kappa shape index (κ1) is 12.5. The lowest BCUT2D eigenvalue weighted by Gasteiger charge is -2.15. The van der Waals surface area contributed by atoms with E-state index in [1.54, 1.807) is 0 Å². The van der Waals surface area contributed by atoms with Crippen molar-refractivity contribution in [1.29, 1.82) is 0 Å². The SMILES string of the molecule is CC(C)OCCNCC(=O)N1CCCC1. The molecule has 0 radical (unpaired) electrons. The predicted octanol–water partition coefficient (Wildman–Crippen LogP) is 0.623. The molecule has 88 valence electrons. The van der Waals surface area contributed by atoms with Gasteiger partial charge in [0.25, 0.3) is 0 Å². The minimum absolute atomic E-state index is 0.219. The number of amides is 1. The number of nitrogens with zero attached hydrogens (tertiary/aromatic N) is 1. The Morgan fingerprint density at radius 2 is 2.07 bits per heavy atom. The monoisotopic (exact) mass is 214 g/mol. The van der Waals surface area contributed by atoms with Crippen LogP contribution in [0.5, 0.6) is 0 Å². The maximum atomic E-state index is 11.6. The minimum atomic E-state index is 0.219. The summed E-state index contributed by atoms with van der Waals surface area (Å²) in [6.07, 6.45) is 2.57. The van der Waals surface area contributed by atoms with E-state index in [4.69, 9.17) is 4.74 Å². The van der Waals surface area contributed by atoms with Gasteiger partial charge in [-0.3, -0.25) is 4.79 Å². The van der Waals surface area contributed by atoms with Crippen molar-refractivity contribution in [1.82, 2.24) is 10.2 Å². The highest BCUT2D eigenvalue weighted by Gasteiger charge is 2.16. The quantitative estimate of drug-likeness (QED) is 0.659. The van der Waals surface area contributed by atoms with E-state index in [0.29, 0.717) is 13.2 Å². The Kier molecular flexibility index (Phi) is 5.65. The van der Waals surface area contributed by atoms with Crippen LogP contribution in [0.3, 0.4) is 0 Å². The van der Waals surface area contributed by atoms with Gasteiger partial charge in [0.15, 0.2) is 0 Å². The van der Waals surface area contributed by atoms with Crippen LogP contribution in [0.2, 0.25) is 0 Å². The number of ether oxygens (including phenoxy) is 1. The van der Waals surface area contributed by atoms with E-state index in [2.05, 4.69) is 5.32 Å². The third kappa shape index (κ3) is 5.14. The Hall–Kier alpha value is -0.610. The van der Waals surface area contributed by atoms with Gasteiger partial charge >= 0.3 is 0 Å². The maximum absolute atomic E-state index is 11.6. The molecule has 15 heavy (non-hydrogen) atoms. The summed E-state index contributed by atoms with van der Waals surface area (Å²) in [5.74, 6) is 0.219. The molecule has 1 N–H and O–H groups in total. The topological polar surface area (TPSA) is 41.6 Å². The van der Waals surface area contributed by atoms with Crippen molar-refractivity contribution in [3.05, 3.63) is 0 Å². The molecule has 1 aliphatic heterocycles. The van der Waals surface area contributed by atoms with E-state index >= 15 is 0 Å². The third-order valence-electron chi connectivity index (χ3n) is 2.47. The molecule has 0 aromatic carbocycles. The van der Waals surface area contributed by atoms with Gasteiger partial charge in [0, 0.05) is 19.6 Å². The lowest BCUT2D eigenvalue weighted by molar-refractivity contribution is -0.129. The van der Waals surface area contributed by atoms with Crippen molar-refractivity contribution in [2.75, 3.05) is 32.8 Å². The number of nitrogens with one attached hydrogen (secondary N) is 1. The smallest absolute Gasteiger partial charge is 0.236 e. The summed E-state index contributed by atoms with van der Waals surface area (Å²) in [6.45, 7) is 7.75. The van der Waals surface area contributed by atoms with Crippen LogP contribution in [0.15, 0.2) is 0 Å². The Morgan fingerprint density at radius 1 is 1.40 bits per heavy atom. The van der Waals surface area contributed by atoms with Gasteiger partial charge in [0.2, 0.25) is 5.91 Å². The van der Waals surface area contributed by atoms with Crippen LogP contribution in [0.1, 0.15) is 26.7 Å². The molecule has 1 rings (SSSR count). The molecule has 0 unspecified atom stereocenters. The fourth-order valence-corrected chi connectivity index (χ4v) is 1.64. The highest BCUT2D eigenvalue weighted by Crippen LogP contribution is 2.06. The normalized spacial score (nSPS) is 16.3. The fraction of sp³-hybridized carbons (Fsp3) is 0.909. The molecule has 0 aromatic rings. The van der Waals surface area contributed by atoms with Gasteiger partial charge in [-0.05, 0) is 26.7 Å². The number of rotatable bonds is 6. The highest BCUT2D eigenvalue weighted by molar-refractivity contribution is 5.78. The number of likely N-dealkylation sites (tertiary alicyclic amines) is 1. The van der Waals surface area contributed by atoms with Crippen molar-refractivity contribution >= 4 is 5.91 Å². The van der Waals surface area contributed by atoms with Crippen LogP contribution in [0.4, 0.5) is 0 Å². The summed E-state index contributed by atoms with van der Waals surface area (Å²) in [6, 6.07) is 0. The predicted molar refractivity (Wildman–Crippen MR) is 59.8 cm³/mol. The first-order chi connectivity index (χ1) is 7.20. The zero-order valence-corrected chi connectivity index (χ0v) is 9.79. The third-order valence-corrected chi connectivity index (χ3v) is 2.47. The molecule has 1 heterocycles. The van der Waals surface area contributed by atoms with Crippen LogP contribution < -0.4 is 5.32 Å². The average molecular weight is 214 g/mol. The standard InChI is InChI=1S/C11H22N2O2/c1-10(2)15-8-5-12-9-11(14)13-6-3-4-7-13/h10,12H,3-9H2,1-2H3. The summed E-state index contributed by atoms with van der Waals surface area (Å²) >= 11 is 0. The summed E-state index contributed by atoms with van der Waals surface area (Å²) in [5.41, 5.74) is 0. The zero-order valence-electron chi connectivity index (χ0n) is 9.79. The number of carbonyl (C=O) groups excluding carboxylic acids is 1. The molecule has 1 amide bonds. The molecular formula is C11H22N2O2. The number of carbonyl (C=O) groups is 1. The van der Waals surface area contributed by atoms with Gasteiger partial charge in [-0.1, -0.05) is 0 Å².